The molecule has 2 atom stereocenters. The molecule has 20 heavy (non-hydrogen) atoms. The molecule has 7 heteroatoms. The van der Waals surface area contributed by atoms with Crippen LogP contribution in [0.4, 0.5) is 4.79 Å². The van der Waals surface area contributed by atoms with Crippen molar-refractivity contribution in [2.45, 2.75) is 38.9 Å². The molecule has 0 radical (unpaired) electrons. The van der Waals surface area contributed by atoms with E-state index >= 15 is 0 Å². The first-order valence-corrected chi connectivity index (χ1v) is 8.54. The standard InChI is InChI=1S/C13H22O5S2/c1-12(2,9-5-15-19-7-9)17-11(14)18-13(3,4)10-6-16-20-8-10/h9-10H,5-8H2,1-4H3. The molecular formula is C13H22O5S2. The van der Waals surface area contributed by atoms with Gasteiger partial charge in [0.1, 0.15) is 11.2 Å². The number of carbonyl (C=O) groups is 1. The Kier molecular flexibility index (Phi) is 5.15. The van der Waals surface area contributed by atoms with Crippen molar-refractivity contribution in [2.24, 2.45) is 11.8 Å². The van der Waals surface area contributed by atoms with E-state index in [0.29, 0.717) is 13.2 Å². The third-order valence-electron chi connectivity index (χ3n) is 3.90. The van der Waals surface area contributed by atoms with E-state index < -0.39 is 17.4 Å². The molecule has 2 unspecified atom stereocenters. The Morgan fingerprint density at radius 1 is 0.950 bits per heavy atom. The Bertz CT molecular complexity index is 315. The molecule has 2 fully saturated rings. The van der Waals surface area contributed by atoms with Gasteiger partial charge in [0.2, 0.25) is 0 Å². The summed E-state index contributed by atoms with van der Waals surface area (Å²) in [4.78, 5) is 12.0. The zero-order valence-electron chi connectivity index (χ0n) is 12.3. The molecule has 0 bridgehead atoms. The molecule has 0 aliphatic carbocycles. The van der Waals surface area contributed by atoms with Crippen molar-refractivity contribution in [3.05, 3.63) is 0 Å². The highest BCUT2D eigenvalue weighted by atomic mass is 32.2. The monoisotopic (exact) mass is 322 g/mol. The smallest absolute Gasteiger partial charge is 0.428 e. The van der Waals surface area contributed by atoms with Gasteiger partial charge in [-0.05, 0) is 51.8 Å². The Balaban J connectivity index is 1.87. The lowest BCUT2D eigenvalue weighted by Gasteiger charge is -2.33. The lowest BCUT2D eigenvalue weighted by molar-refractivity contribution is -0.0913. The van der Waals surface area contributed by atoms with Crippen LogP contribution in [0.15, 0.2) is 0 Å². The van der Waals surface area contributed by atoms with Crippen LogP contribution in [0.3, 0.4) is 0 Å². The minimum atomic E-state index is -0.617. The van der Waals surface area contributed by atoms with Crippen LogP contribution >= 0.6 is 24.1 Å². The van der Waals surface area contributed by atoms with E-state index in [0.717, 1.165) is 11.5 Å². The van der Waals surface area contributed by atoms with E-state index in [2.05, 4.69) is 0 Å². The first kappa shape index (κ1) is 16.3. The van der Waals surface area contributed by atoms with Crippen LogP contribution in [-0.4, -0.2) is 42.1 Å². The molecule has 0 saturated carbocycles. The Hall–Kier alpha value is -0.110. The summed E-state index contributed by atoms with van der Waals surface area (Å²) in [6.07, 6.45) is -0.617. The maximum atomic E-state index is 12.0. The fourth-order valence-electron chi connectivity index (χ4n) is 2.04. The second-order valence-corrected chi connectivity index (χ2v) is 7.80. The van der Waals surface area contributed by atoms with E-state index in [1.807, 2.05) is 27.7 Å². The number of hydrogen-bond acceptors (Lipinski definition) is 7. The van der Waals surface area contributed by atoms with Crippen LogP contribution in [0.25, 0.3) is 0 Å². The maximum Gasteiger partial charge on any atom is 0.509 e. The van der Waals surface area contributed by atoms with Gasteiger partial charge in [0.15, 0.2) is 0 Å². The van der Waals surface area contributed by atoms with Crippen LogP contribution in [0, 0.1) is 11.8 Å². The first-order valence-electron chi connectivity index (χ1n) is 6.72. The molecule has 0 amide bonds. The first-order chi connectivity index (χ1) is 9.31. The van der Waals surface area contributed by atoms with Crippen LogP contribution in [-0.2, 0) is 17.8 Å². The van der Waals surface area contributed by atoms with E-state index in [1.54, 1.807) is 0 Å². The van der Waals surface area contributed by atoms with Gasteiger partial charge in [0.25, 0.3) is 0 Å². The molecule has 0 aromatic rings. The summed E-state index contributed by atoms with van der Waals surface area (Å²) in [6.45, 7) is 8.79. The summed E-state index contributed by atoms with van der Waals surface area (Å²) in [5.41, 5.74) is -1.17. The SMILES string of the molecule is CC(C)(OC(=O)OC(C)(C)C1COSC1)C1COSC1. The van der Waals surface area contributed by atoms with Crippen LogP contribution in [0.1, 0.15) is 27.7 Å². The second-order valence-electron chi connectivity index (χ2n) is 6.19. The quantitative estimate of drug-likeness (QED) is 0.581. The number of hydrogen-bond donors (Lipinski definition) is 0. The summed E-state index contributed by atoms with van der Waals surface area (Å²) in [6, 6.07) is 0. The summed E-state index contributed by atoms with van der Waals surface area (Å²) in [5, 5.41) is 0. The van der Waals surface area contributed by atoms with Crippen LogP contribution in [0.2, 0.25) is 0 Å². The van der Waals surface area contributed by atoms with Crippen molar-refractivity contribution >= 4 is 30.2 Å². The molecule has 5 nitrogen and oxygen atoms in total. The molecule has 0 N–H and O–H groups in total. The van der Waals surface area contributed by atoms with Crippen molar-refractivity contribution in [1.29, 1.82) is 0 Å². The zero-order valence-corrected chi connectivity index (χ0v) is 14.0. The van der Waals surface area contributed by atoms with Gasteiger partial charge in [0.05, 0.1) is 13.2 Å². The molecule has 2 aliphatic heterocycles. The van der Waals surface area contributed by atoms with Crippen LogP contribution < -0.4 is 0 Å². The normalized spacial score (nSPS) is 27.6. The minimum Gasteiger partial charge on any atom is -0.428 e. The third kappa shape index (κ3) is 3.96. The molecule has 2 saturated heterocycles. The highest BCUT2D eigenvalue weighted by molar-refractivity contribution is 7.95. The largest absolute Gasteiger partial charge is 0.509 e. The maximum absolute atomic E-state index is 12.0. The third-order valence-corrected chi connectivity index (χ3v) is 5.59. The average Bonchev–Trinajstić information content (AvgIpc) is 3.02. The fourth-order valence-corrected chi connectivity index (χ4v) is 4.07. The van der Waals surface area contributed by atoms with Gasteiger partial charge < -0.3 is 17.8 Å². The predicted octanol–water partition coefficient (Wildman–Crippen LogP) is 3.29. The van der Waals surface area contributed by atoms with Gasteiger partial charge in [-0.15, -0.1) is 0 Å². The Morgan fingerprint density at radius 2 is 1.35 bits per heavy atom. The van der Waals surface area contributed by atoms with E-state index in [-0.39, 0.29) is 11.8 Å². The molecule has 2 aliphatic rings. The molecule has 0 aromatic heterocycles. The van der Waals surface area contributed by atoms with Crippen molar-refractivity contribution < 1.29 is 22.6 Å². The highest BCUT2D eigenvalue weighted by Gasteiger charge is 2.41. The zero-order chi connectivity index (χ0) is 14.8. The molecule has 0 spiro atoms. The molecular weight excluding hydrogens is 300 g/mol. The summed E-state index contributed by atoms with van der Waals surface area (Å²) >= 11 is 2.84. The Morgan fingerprint density at radius 3 is 1.65 bits per heavy atom. The van der Waals surface area contributed by atoms with Gasteiger partial charge in [-0.3, -0.25) is 0 Å². The number of ether oxygens (including phenoxy) is 2. The summed E-state index contributed by atoms with van der Waals surface area (Å²) in [7, 11) is 0. The van der Waals surface area contributed by atoms with Gasteiger partial charge in [-0.25, -0.2) is 4.79 Å². The average molecular weight is 322 g/mol. The molecule has 2 heterocycles. The highest BCUT2D eigenvalue weighted by Crippen LogP contribution is 2.35. The van der Waals surface area contributed by atoms with Crippen molar-refractivity contribution in [3.8, 4) is 0 Å². The second kappa shape index (κ2) is 6.34. The van der Waals surface area contributed by atoms with Gasteiger partial charge in [0, 0.05) is 23.3 Å². The molecule has 2 rings (SSSR count). The predicted molar refractivity (Wildman–Crippen MR) is 79.5 cm³/mol. The van der Waals surface area contributed by atoms with Crippen molar-refractivity contribution in [3.63, 3.8) is 0 Å². The summed E-state index contributed by atoms with van der Waals surface area (Å²) in [5.74, 6) is 2.04. The number of carbonyl (C=O) groups excluding carboxylic acids is 1. The van der Waals surface area contributed by atoms with Crippen LogP contribution in [0.5, 0.6) is 0 Å². The van der Waals surface area contributed by atoms with Gasteiger partial charge >= 0.3 is 6.16 Å². The Labute approximate surface area is 128 Å². The molecule has 0 aromatic carbocycles. The van der Waals surface area contributed by atoms with E-state index in [9.17, 15) is 4.79 Å². The lowest BCUT2D eigenvalue weighted by atomic mass is 9.93. The fraction of sp³-hybridized carbons (Fsp3) is 0.923. The molecule has 116 valence electrons. The van der Waals surface area contributed by atoms with Gasteiger partial charge in [-0.2, -0.15) is 0 Å². The van der Waals surface area contributed by atoms with E-state index in [4.69, 9.17) is 17.8 Å². The van der Waals surface area contributed by atoms with Crippen molar-refractivity contribution in [2.75, 3.05) is 24.7 Å². The lowest BCUT2D eigenvalue weighted by Crippen LogP contribution is -2.43. The van der Waals surface area contributed by atoms with E-state index in [1.165, 1.54) is 24.1 Å². The van der Waals surface area contributed by atoms with Gasteiger partial charge in [-0.1, -0.05) is 0 Å². The summed E-state index contributed by atoms with van der Waals surface area (Å²) < 4.78 is 21.6. The van der Waals surface area contributed by atoms with Crippen molar-refractivity contribution in [1.82, 2.24) is 0 Å². The number of rotatable bonds is 4. The minimum absolute atomic E-state index is 0.188. The topological polar surface area (TPSA) is 54.0 Å².